The van der Waals surface area contributed by atoms with E-state index in [1.54, 1.807) is 12.1 Å². The topological polar surface area (TPSA) is 114 Å². The number of fused-ring (bicyclic) bond motifs is 1. The Morgan fingerprint density at radius 3 is 2.42 bits per heavy atom. The summed E-state index contributed by atoms with van der Waals surface area (Å²) in [7, 11) is 0. The van der Waals surface area contributed by atoms with Gasteiger partial charge in [0.1, 0.15) is 5.75 Å². The van der Waals surface area contributed by atoms with Gasteiger partial charge in [0.25, 0.3) is 0 Å². The zero-order chi connectivity index (χ0) is 26.9. The minimum atomic E-state index is -0.806. The number of phenolic OH excluding ortho intramolecular Hbond substituents is 1. The third-order valence-electron chi connectivity index (χ3n) is 6.66. The van der Waals surface area contributed by atoms with Crippen molar-refractivity contribution in [3.63, 3.8) is 0 Å². The molecule has 1 aromatic heterocycles. The van der Waals surface area contributed by atoms with Crippen LogP contribution in [-0.2, 0) is 24.1 Å². The standard InChI is InChI=1S/C31H35N3O4/c1-21(33-20-28(36)25-13-15-27(35)31-26(25)14-16-29(37)34-31)18-23-9-11-24(12-10-23)19-30(38)32-17-5-8-22-6-3-2-4-7-22/h2-4,6-7,9-16,21,28,33,35-36H,5,8,17-20H2,1H3,(H,32,38)(H,34,37)/t21-,28+/m1/s1. The SMILES string of the molecule is C[C@H](Cc1ccc(CC(=O)NCCCc2ccccc2)cc1)NC[C@H](O)c1ccc(O)c2[nH]c(=O)ccc12. The molecule has 198 valence electrons. The fourth-order valence-corrected chi connectivity index (χ4v) is 4.60. The highest BCUT2D eigenvalue weighted by Gasteiger charge is 2.15. The largest absolute Gasteiger partial charge is 0.506 e. The molecule has 38 heavy (non-hydrogen) atoms. The number of aromatic amines is 1. The number of aliphatic hydroxyl groups is 1. The molecule has 0 saturated heterocycles. The van der Waals surface area contributed by atoms with Gasteiger partial charge in [0, 0.05) is 30.6 Å². The predicted octanol–water partition coefficient (Wildman–Crippen LogP) is 3.78. The predicted molar refractivity (Wildman–Crippen MR) is 150 cm³/mol. The van der Waals surface area contributed by atoms with E-state index in [9.17, 15) is 19.8 Å². The van der Waals surface area contributed by atoms with Crippen molar-refractivity contribution in [2.45, 2.75) is 44.8 Å². The van der Waals surface area contributed by atoms with Gasteiger partial charge in [0.15, 0.2) is 0 Å². The van der Waals surface area contributed by atoms with Crippen molar-refractivity contribution in [1.82, 2.24) is 15.6 Å². The maximum absolute atomic E-state index is 12.3. The van der Waals surface area contributed by atoms with E-state index < -0.39 is 6.10 Å². The Labute approximate surface area is 222 Å². The van der Waals surface area contributed by atoms with Gasteiger partial charge in [-0.2, -0.15) is 0 Å². The number of carbonyl (C=O) groups excluding carboxylic acids is 1. The van der Waals surface area contributed by atoms with E-state index in [1.165, 1.54) is 17.7 Å². The first-order valence-electron chi connectivity index (χ1n) is 13.0. The number of benzene rings is 3. The summed E-state index contributed by atoms with van der Waals surface area (Å²) in [5, 5.41) is 27.8. The number of aliphatic hydroxyl groups excluding tert-OH is 1. The zero-order valence-electron chi connectivity index (χ0n) is 21.6. The van der Waals surface area contributed by atoms with Crippen LogP contribution in [0.5, 0.6) is 5.75 Å². The van der Waals surface area contributed by atoms with Crippen LogP contribution in [-0.4, -0.2) is 40.2 Å². The molecule has 7 nitrogen and oxygen atoms in total. The van der Waals surface area contributed by atoms with E-state index in [2.05, 4.69) is 34.7 Å². The van der Waals surface area contributed by atoms with Gasteiger partial charge in [-0.25, -0.2) is 0 Å². The van der Waals surface area contributed by atoms with Crippen molar-refractivity contribution in [1.29, 1.82) is 0 Å². The molecule has 0 spiro atoms. The van der Waals surface area contributed by atoms with Crippen LogP contribution in [0, 0.1) is 0 Å². The van der Waals surface area contributed by atoms with Crippen molar-refractivity contribution < 1.29 is 15.0 Å². The summed E-state index contributed by atoms with van der Waals surface area (Å²) in [5.41, 5.74) is 4.04. The van der Waals surface area contributed by atoms with E-state index >= 15 is 0 Å². The minimum absolute atomic E-state index is 0.0284. The van der Waals surface area contributed by atoms with Gasteiger partial charge in [-0.3, -0.25) is 9.59 Å². The van der Waals surface area contributed by atoms with Gasteiger partial charge in [-0.1, -0.05) is 60.7 Å². The summed E-state index contributed by atoms with van der Waals surface area (Å²) in [6.45, 7) is 3.04. The minimum Gasteiger partial charge on any atom is -0.506 e. The molecule has 5 N–H and O–H groups in total. The van der Waals surface area contributed by atoms with E-state index in [-0.39, 0.29) is 23.3 Å². The van der Waals surface area contributed by atoms with Gasteiger partial charge in [0.05, 0.1) is 18.0 Å². The molecular weight excluding hydrogens is 478 g/mol. The summed E-state index contributed by atoms with van der Waals surface area (Å²) in [5.74, 6) is -0.000344. The van der Waals surface area contributed by atoms with Crippen LogP contribution < -0.4 is 16.2 Å². The summed E-state index contributed by atoms with van der Waals surface area (Å²) >= 11 is 0. The normalized spacial score (nSPS) is 12.8. The second-order valence-corrected chi connectivity index (χ2v) is 9.75. The number of H-pyrrole nitrogens is 1. The number of nitrogens with one attached hydrogen (secondary N) is 3. The Bertz CT molecular complexity index is 1400. The lowest BCUT2D eigenvalue weighted by Crippen LogP contribution is -2.32. The van der Waals surface area contributed by atoms with Crippen LogP contribution in [0.1, 0.15) is 41.7 Å². The van der Waals surface area contributed by atoms with Gasteiger partial charge in [0.2, 0.25) is 11.5 Å². The van der Waals surface area contributed by atoms with Crippen LogP contribution in [0.3, 0.4) is 0 Å². The molecule has 0 bridgehead atoms. The molecule has 1 heterocycles. The molecule has 3 aromatic carbocycles. The van der Waals surface area contributed by atoms with Crippen molar-refractivity contribution in [2.24, 2.45) is 0 Å². The Hall–Kier alpha value is -3.94. The van der Waals surface area contributed by atoms with Gasteiger partial charge in [-0.05, 0) is 60.6 Å². The first-order chi connectivity index (χ1) is 18.4. The number of hydrogen-bond acceptors (Lipinski definition) is 5. The summed E-state index contributed by atoms with van der Waals surface area (Å²) in [4.78, 5) is 26.5. The number of amides is 1. The fraction of sp³-hybridized carbons (Fsp3) is 0.290. The molecule has 0 saturated carbocycles. The summed E-state index contributed by atoms with van der Waals surface area (Å²) in [6, 6.07) is 24.6. The van der Waals surface area contributed by atoms with Crippen LogP contribution in [0.25, 0.3) is 10.9 Å². The van der Waals surface area contributed by atoms with E-state index in [1.807, 2.05) is 42.5 Å². The van der Waals surface area contributed by atoms with Crippen LogP contribution in [0.4, 0.5) is 0 Å². The van der Waals surface area contributed by atoms with E-state index in [4.69, 9.17) is 0 Å². The molecule has 0 aliphatic carbocycles. The molecule has 4 aromatic rings. The van der Waals surface area contributed by atoms with E-state index in [0.717, 1.165) is 30.4 Å². The Morgan fingerprint density at radius 2 is 1.66 bits per heavy atom. The lowest BCUT2D eigenvalue weighted by atomic mass is 10.0. The fourth-order valence-electron chi connectivity index (χ4n) is 4.60. The lowest BCUT2D eigenvalue weighted by Gasteiger charge is -2.19. The average Bonchev–Trinajstić information content (AvgIpc) is 2.92. The molecule has 2 atom stereocenters. The maximum atomic E-state index is 12.3. The van der Waals surface area contributed by atoms with E-state index in [0.29, 0.717) is 36.0 Å². The van der Waals surface area contributed by atoms with Crippen molar-refractivity contribution in [3.05, 3.63) is 111 Å². The Morgan fingerprint density at radius 1 is 0.921 bits per heavy atom. The summed E-state index contributed by atoms with van der Waals surface area (Å²) < 4.78 is 0. The first-order valence-corrected chi connectivity index (χ1v) is 13.0. The quantitative estimate of drug-likeness (QED) is 0.185. The highest BCUT2D eigenvalue weighted by atomic mass is 16.3. The Balaban J connectivity index is 1.21. The third kappa shape index (κ3) is 7.54. The lowest BCUT2D eigenvalue weighted by molar-refractivity contribution is -0.120. The number of carbonyl (C=O) groups is 1. The molecule has 7 heteroatoms. The number of aromatic hydroxyl groups is 1. The van der Waals surface area contributed by atoms with Crippen molar-refractivity contribution >= 4 is 16.8 Å². The molecular formula is C31H35N3O4. The van der Waals surface area contributed by atoms with Crippen molar-refractivity contribution in [3.8, 4) is 5.75 Å². The second kappa shape index (κ2) is 13.0. The third-order valence-corrected chi connectivity index (χ3v) is 6.66. The highest BCUT2D eigenvalue weighted by Crippen LogP contribution is 2.28. The molecule has 4 rings (SSSR count). The number of aromatic nitrogens is 1. The highest BCUT2D eigenvalue weighted by molar-refractivity contribution is 5.87. The number of pyridine rings is 1. The molecule has 0 fully saturated rings. The molecule has 0 aliphatic rings. The second-order valence-electron chi connectivity index (χ2n) is 9.75. The molecule has 0 aliphatic heterocycles. The first kappa shape index (κ1) is 27.1. The molecule has 1 amide bonds. The molecule has 0 radical (unpaired) electrons. The number of aryl methyl sites for hydroxylation is 1. The number of phenols is 1. The van der Waals surface area contributed by atoms with Crippen LogP contribution in [0.15, 0.2) is 83.7 Å². The van der Waals surface area contributed by atoms with Crippen molar-refractivity contribution in [2.75, 3.05) is 13.1 Å². The molecule has 0 unspecified atom stereocenters. The van der Waals surface area contributed by atoms with Crippen LogP contribution in [0.2, 0.25) is 0 Å². The Kier molecular flexibility index (Phi) is 9.30. The monoisotopic (exact) mass is 513 g/mol. The van der Waals surface area contributed by atoms with Crippen LogP contribution >= 0.6 is 0 Å². The van der Waals surface area contributed by atoms with Gasteiger partial charge in [-0.15, -0.1) is 0 Å². The maximum Gasteiger partial charge on any atom is 0.248 e. The van der Waals surface area contributed by atoms with Gasteiger partial charge < -0.3 is 25.8 Å². The average molecular weight is 514 g/mol. The van der Waals surface area contributed by atoms with Gasteiger partial charge >= 0.3 is 0 Å². The number of hydrogen-bond donors (Lipinski definition) is 5. The summed E-state index contributed by atoms with van der Waals surface area (Å²) in [6.07, 6.45) is 2.18. The zero-order valence-corrected chi connectivity index (χ0v) is 21.6. The number of rotatable bonds is 12. The smallest absolute Gasteiger partial charge is 0.248 e.